The molecule has 0 saturated heterocycles. The van der Waals surface area contributed by atoms with Gasteiger partial charge in [-0.25, -0.2) is 0 Å². The van der Waals surface area contributed by atoms with E-state index in [1.807, 2.05) is 32.0 Å². The third-order valence-corrected chi connectivity index (χ3v) is 3.10. The lowest BCUT2D eigenvalue weighted by molar-refractivity contribution is 0.0368. The molecular weight excluding hydrogens is 238 g/mol. The summed E-state index contributed by atoms with van der Waals surface area (Å²) >= 11 is 0. The molecule has 0 heterocycles. The van der Waals surface area contributed by atoms with Gasteiger partial charge in [-0.05, 0) is 44.7 Å². The maximum Gasteiger partial charge on any atom is 0.251 e. The zero-order valence-corrected chi connectivity index (χ0v) is 12.6. The normalized spacial score (nSPS) is 14.3. The molecule has 1 unspecified atom stereocenters. The molecule has 0 aliphatic rings. The van der Waals surface area contributed by atoms with Crippen molar-refractivity contribution in [2.24, 2.45) is 5.92 Å². The van der Waals surface area contributed by atoms with Gasteiger partial charge >= 0.3 is 0 Å². The predicted molar refractivity (Wildman–Crippen MR) is 78.3 cm³/mol. The monoisotopic (exact) mass is 263 g/mol. The van der Waals surface area contributed by atoms with E-state index in [0.717, 1.165) is 11.1 Å². The lowest BCUT2D eigenvalue weighted by atomic mass is 9.94. The second-order valence-corrected chi connectivity index (χ2v) is 6.10. The van der Waals surface area contributed by atoms with E-state index in [9.17, 15) is 9.90 Å². The minimum Gasteiger partial charge on any atom is -0.388 e. The van der Waals surface area contributed by atoms with Crippen LogP contribution in [0.3, 0.4) is 0 Å². The van der Waals surface area contributed by atoms with E-state index in [2.05, 4.69) is 19.2 Å². The van der Waals surface area contributed by atoms with Crippen LogP contribution in [0.2, 0.25) is 0 Å². The van der Waals surface area contributed by atoms with Crippen LogP contribution >= 0.6 is 0 Å². The zero-order chi connectivity index (χ0) is 14.6. The van der Waals surface area contributed by atoms with Gasteiger partial charge in [-0.1, -0.05) is 31.5 Å². The average Bonchev–Trinajstić information content (AvgIpc) is 2.24. The molecule has 0 aromatic heterocycles. The van der Waals surface area contributed by atoms with Gasteiger partial charge in [0.1, 0.15) is 0 Å². The quantitative estimate of drug-likeness (QED) is 0.858. The van der Waals surface area contributed by atoms with Gasteiger partial charge in [-0.15, -0.1) is 0 Å². The Morgan fingerprint density at radius 3 is 2.53 bits per heavy atom. The Kier molecular flexibility index (Phi) is 5.12. The predicted octanol–water partition coefficient (Wildman–Crippen LogP) is 2.83. The molecule has 106 valence electrons. The number of hydrogen-bond donors (Lipinski definition) is 2. The van der Waals surface area contributed by atoms with E-state index in [1.54, 1.807) is 6.92 Å². The molecule has 0 aliphatic carbocycles. The highest BCUT2D eigenvalue weighted by Crippen LogP contribution is 2.16. The number of carbonyl (C=O) groups is 1. The number of rotatable bonds is 5. The van der Waals surface area contributed by atoms with Gasteiger partial charge in [-0.3, -0.25) is 4.79 Å². The van der Waals surface area contributed by atoms with Crippen LogP contribution in [0.1, 0.15) is 48.7 Å². The summed E-state index contributed by atoms with van der Waals surface area (Å²) < 4.78 is 0. The first-order chi connectivity index (χ1) is 8.71. The van der Waals surface area contributed by atoms with Crippen LogP contribution in [0.4, 0.5) is 0 Å². The molecule has 0 radical (unpaired) electrons. The first kappa shape index (κ1) is 15.7. The van der Waals surface area contributed by atoms with Crippen molar-refractivity contribution in [2.75, 3.05) is 6.54 Å². The highest BCUT2D eigenvalue weighted by molar-refractivity contribution is 5.95. The highest BCUT2D eigenvalue weighted by Gasteiger charge is 2.23. The minimum absolute atomic E-state index is 0.124. The molecule has 1 rings (SSSR count). The number of aliphatic hydroxyl groups is 1. The molecule has 0 aliphatic heterocycles. The summed E-state index contributed by atoms with van der Waals surface area (Å²) in [5.74, 6) is 0.273. The van der Waals surface area contributed by atoms with E-state index < -0.39 is 5.60 Å². The van der Waals surface area contributed by atoms with Crippen molar-refractivity contribution >= 4 is 5.91 Å². The summed E-state index contributed by atoms with van der Waals surface area (Å²) in [6, 6.07) is 5.74. The van der Waals surface area contributed by atoms with Crippen LogP contribution in [0, 0.1) is 19.8 Å². The molecule has 19 heavy (non-hydrogen) atoms. The van der Waals surface area contributed by atoms with Gasteiger partial charge in [0.2, 0.25) is 0 Å². The van der Waals surface area contributed by atoms with Crippen LogP contribution in [-0.4, -0.2) is 23.2 Å². The first-order valence-corrected chi connectivity index (χ1v) is 6.79. The number of aryl methyl sites for hydroxylation is 2. The van der Waals surface area contributed by atoms with Crippen molar-refractivity contribution in [1.29, 1.82) is 0 Å². The molecule has 1 aromatic rings. The van der Waals surface area contributed by atoms with Crippen molar-refractivity contribution < 1.29 is 9.90 Å². The topological polar surface area (TPSA) is 49.3 Å². The summed E-state index contributed by atoms with van der Waals surface area (Å²) in [4.78, 5) is 12.1. The maximum atomic E-state index is 12.1. The van der Waals surface area contributed by atoms with Crippen LogP contribution in [0.15, 0.2) is 18.2 Å². The van der Waals surface area contributed by atoms with Crippen LogP contribution in [0.5, 0.6) is 0 Å². The Morgan fingerprint density at radius 2 is 2.00 bits per heavy atom. The van der Waals surface area contributed by atoms with E-state index in [4.69, 9.17) is 0 Å². The maximum absolute atomic E-state index is 12.1. The number of carbonyl (C=O) groups excluding carboxylic acids is 1. The second-order valence-electron chi connectivity index (χ2n) is 6.10. The zero-order valence-electron chi connectivity index (χ0n) is 12.6. The summed E-state index contributed by atoms with van der Waals surface area (Å²) in [5.41, 5.74) is 1.91. The largest absolute Gasteiger partial charge is 0.388 e. The minimum atomic E-state index is -0.859. The van der Waals surface area contributed by atoms with Crippen molar-refractivity contribution in [3.8, 4) is 0 Å². The van der Waals surface area contributed by atoms with E-state index >= 15 is 0 Å². The Labute approximate surface area is 116 Å². The molecule has 3 heteroatoms. The number of nitrogens with one attached hydrogen (secondary N) is 1. The van der Waals surface area contributed by atoms with Gasteiger partial charge in [0, 0.05) is 12.1 Å². The lowest BCUT2D eigenvalue weighted by Gasteiger charge is -2.25. The van der Waals surface area contributed by atoms with Crippen molar-refractivity contribution in [3.05, 3.63) is 34.9 Å². The van der Waals surface area contributed by atoms with Gasteiger partial charge in [0.25, 0.3) is 5.91 Å². The summed E-state index contributed by atoms with van der Waals surface area (Å²) in [6.45, 7) is 10.1. The lowest BCUT2D eigenvalue weighted by Crippen LogP contribution is -2.41. The molecule has 1 aromatic carbocycles. The van der Waals surface area contributed by atoms with Crippen LogP contribution in [-0.2, 0) is 0 Å². The molecule has 3 nitrogen and oxygen atoms in total. The Bertz CT molecular complexity index is 450. The van der Waals surface area contributed by atoms with Gasteiger partial charge < -0.3 is 10.4 Å². The van der Waals surface area contributed by atoms with Crippen molar-refractivity contribution in [1.82, 2.24) is 5.32 Å². The molecule has 2 N–H and O–H groups in total. The van der Waals surface area contributed by atoms with Gasteiger partial charge in [0.05, 0.1) is 5.60 Å². The highest BCUT2D eigenvalue weighted by atomic mass is 16.3. The molecule has 0 bridgehead atoms. The fourth-order valence-corrected chi connectivity index (χ4v) is 2.39. The number of hydrogen-bond acceptors (Lipinski definition) is 2. The summed E-state index contributed by atoms with van der Waals surface area (Å²) in [7, 11) is 0. The summed E-state index contributed by atoms with van der Waals surface area (Å²) in [5, 5.41) is 13.0. The fourth-order valence-electron chi connectivity index (χ4n) is 2.39. The molecule has 1 atom stereocenters. The standard InChI is InChI=1S/C16H25NO2/c1-11(2)9-16(5,19)10-17-15(18)14-7-6-12(3)8-13(14)4/h6-8,11,19H,9-10H2,1-5H3,(H,17,18). The average molecular weight is 263 g/mol. The van der Waals surface area contributed by atoms with Crippen LogP contribution < -0.4 is 5.32 Å². The Hall–Kier alpha value is -1.35. The van der Waals surface area contributed by atoms with Crippen molar-refractivity contribution in [2.45, 2.75) is 46.6 Å². The Balaban J connectivity index is 2.65. The fraction of sp³-hybridized carbons (Fsp3) is 0.562. The molecule has 0 spiro atoms. The number of amides is 1. The second kappa shape index (κ2) is 6.20. The number of benzene rings is 1. The van der Waals surface area contributed by atoms with E-state index in [-0.39, 0.29) is 12.5 Å². The summed E-state index contributed by atoms with van der Waals surface area (Å²) in [6.07, 6.45) is 0.667. The van der Waals surface area contributed by atoms with E-state index in [0.29, 0.717) is 17.9 Å². The van der Waals surface area contributed by atoms with Gasteiger partial charge in [-0.2, -0.15) is 0 Å². The molecule has 0 fully saturated rings. The molecule has 0 saturated carbocycles. The third kappa shape index (κ3) is 5.03. The first-order valence-electron chi connectivity index (χ1n) is 6.79. The van der Waals surface area contributed by atoms with Gasteiger partial charge in [0.15, 0.2) is 0 Å². The molecular formula is C16H25NO2. The van der Waals surface area contributed by atoms with Crippen LogP contribution in [0.25, 0.3) is 0 Å². The Morgan fingerprint density at radius 1 is 1.37 bits per heavy atom. The smallest absolute Gasteiger partial charge is 0.251 e. The SMILES string of the molecule is Cc1ccc(C(=O)NCC(C)(O)CC(C)C)c(C)c1. The molecule has 1 amide bonds. The third-order valence-electron chi connectivity index (χ3n) is 3.10. The van der Waals surface area contributed by atoms with Crippen molar-refractivity contribution in [3.63, 3.8) is 0 Å². The van der Waals surface area contributed by atoms with E-state index in [1.165, 1.54) is 0 Å².